The van der Waals surface area contributed by atoms with E-state index in [-0.39, 0.29) is 5.91 Å². The van der Waals surface area contributed by atoms with Crippen molar-refractivity contribution in [2.45, 2.75) is 13.3 Å². The average molecular weight is 269 g/mol. The number of anilines is 1. The molecule has 1 aromatic rings. The van der Waals surface area contributed by atoms with Crippen LogP contribution < -0.4 is 15.8 Å². The zero-order valence-corrected chi connectivity index (χ0v) is 11.3. The topological polar surface area (TPSA) is 64.3 Å². The van der Waals surface area contributed by atoms with E-state index >= 15 is 0 Å². The summed E-state index contributed by atoms with van der Waals surface area (Å²) in [5.74, 6) is 0.566. The highest BCUT2D eigenvalue weighted by Crippen LogP contribution is 2.29. The lowest BCUT2D eigenvalue weighted by Crippen LogP contribution is -2.20. The maximum absolute atomic E-state index is 10.7. The monoisotopic (exact) mass is 268 g/mol. The van der Waals surface area contributed by atoms with E-state index < -0.39 is 0 Å². The molecule has 98 valence electrons. The lowest BCUT2D eigenvalue weighted by molar-refractivity contribution is -0.118. The number of hydrogen-bond donors (Lipinski definition) is 2. The highest BCUT2D eigenvalue weighted by Gasteiger charge is 2.04. The summed E-state index contributed by atoms with van der Waals surface area (Å²) in [6, 6.07) is 3.44. The van der Waals surface area contributed by atoms with Gasteiger partial charge in [-0.15, -0.1) is 0 Å². The number of nitrogens with one attached hydrogen (secondary N) is 1. The second kappa shape index (κ2) is 6.91. The average Bonchev–Trinajstić information content (AvgIpc) is 2.30. The summed E-state index contributed by atoms with van der Waals surface area (Å²) in [6.07, 6.45) is 4.56. The molecule has 0 aliphatic carbocycles. The highest BCUT2D eigenvalue weighted by molar-refractivity contribution is 6.32. The van der Waals surface area contributed by atoms with E-state index in [9.17, 15) is 4.79 Å². The van der Waals surface area contributed by atoms with Crippen LogP contribution in [0.15, 0.2) is 18.2 Å². The van der Waals surface area contributed by atoms with Crippen LogP contribution in [0.1, 0.15) is 18.9 Å². The van der Waals surface area contributed by atoms with E-state index in [0.717, 1.165) is 12.0 Å². The Morgan fingerprint density at radius 3 is 2.89 bits per heavy atom. The fraction of sp³-hybridized carbons (Fsp3) is 0.308. The minimum Gasteiger partial charge on any atom is -0.495 e. The Balaban J connectivity index is 2.66. The van der Waals surface area contributed by atoms with E-state index in [2.05, 4.69) is 5.32 Å². The van der Waals surface area contributed by atoms with Gasteiger partial charge in [-0.25, -0.2) is 0 Å². The van der Waals surface area contributed by atoms with Gasteiger partial charge in [-0.1, -0.05) is 23.8 Å². The number of halogens is 1. The Hall–Kier alpha value is -1.68. The van der Waals surface area contributed by atoms with E-state index in [1.807, 2.05) is 12.2 Å². The Labute approximate surface area is 112 Å². The minimum absolute atomic E-state index is 0.0319. The fourth-order valence-corrected chi connectivity index (χ4v) is 1.67. The van der Waals surface area contributed by atoms with Gasteiger partial charge in [-0.2, -0.15) is 0 Å². The molecule has 1 amide bonds. The smallest absolute Gasteiger partial charge is 0.216 e. The number of amides is 1. The number of hydrogen-bond acceptors (Lipinski definition) is 3. The Morgan fingerprint density at radius 2 is 2.28 bits per heavy atom. The molecule has 0 aromatic heterocycles. The maximum Gasteiger partial charge on any atom is 0.216 e. The molecule has 0 aliphatic heterocycles. The first-order valence-corrected chi connectivity index (χ1v) is 5.96. The number of nitrogen functional groups attached to an aromatic ring is 1. The summed E-state index contributed by atoms with van der Waals surface area (Å²) in [5, 5.41) is 3.28. The molecule has 1 rings (SSSR count). The second-order valence-electron chi connectivity index (χ2n) is 3.79. The Kier molecular flexibility index (Phi) is 5.52. The number of benzene rings is 1. The molecule has 0 spiro atoms. The van der Waals surface area contributed by atoms with Gasteiger partial charge >= 0.3 is 0 Å². The van der Waals surface area contributed by atoms with E-state index in [0.29, 0.717) is 23.0 Å². The first-order valence-electron chi connectivity index (χ1n) is 5.58. The van der Waals surface area contributed by atoms with Gasteiger partial charge in [-0.3, -0.25) is 4.79 Å². The van der Waals surface area contributed by atoms with Crippen LogP contribution in [-0.2, 0) is 4.79 Å². The van der Waals surface area contributed by atoms with Crippen LogP contribution in [-0.4, -0.2) is 19.6 Å². The summed E-state index contributed by atoms with van der Waals surface area (Å²) < 4.78 is 5.13. The summed E-state index contributed by atoms with van der Waals surface area (Å²) in [4.78, 5) is 10.7. The van der Waals surface area contributed by atoms with E-state index in [4.69, 9.17) is 22.1 Å². The van der Waals surface area contributed by atoms with Crippen LogP contribution >= 0.6 is 11.6 Å². The molecule has 0 aliphatic rings. The summed E-state index contributed by atoms with van der Waals surface area (Å²) in [5.41, 5.74) is 7.08. The third-order valence-electron chi connectivity index (χ3n) is 2.33. The minimum atomic E-state index is -0.0319. The van der Waals surface area contributed by atoms with Crippen molar-refractivity contribution in [3.63, 3.8) is 0 Å². The zero-order chi connectivity index (χ0) is 13.5. The number of carbonyl (C=O) groups excluding carboxylic acids is 1. The lowest BCUT2D eigenvalue weighted by atomic mass is 10.1. The van der Waals surface area contributed by atoms with Gasteiger partial charge in [0.25, 0.3) is 0 Å². The molecule has 18 heavy (non-hydrogen) atoms. The first kappa shape index (κ1) is 14.4. The van der Waals surface area contributed by atoms with Crippen LogP contribution in [0, 0.1) is 0 Å². The SMILES string of the molecule is COc1cc(C=CCCNC(C)=O)c(Cl)cc1N. The van der Waals surface area contributed by atoms with Crippen molar-refractivity contribution in [3.8, 4) is 5.75 Å². The molecule has 0 radical (unpaired) electrons. The number of ether oxygens (including phenoxy) is 1. The van der Waals surface area contributed by atoms with Crippen molar-refractivity contribution in [1.82, 2.24) is 5.32 Å². The Bertz CT molecular complexity index is 459. The predicted molar refractivity (Wildman–Crippen MR) is 74.8 cm³/mol. The molecule has 0 bridgehead atoms. The lowest BCUT2D eigenvalue weighted by Gasteiger charge is -2.07. The standard InChI is InChI=1S/C13H17ClN2O2/c1-9(17)16-6-4-3-5-10-7-13(18-2)12(15)8-11(10)14/h3,5,7-8H,4,6,15H2,1-2H3,(H,16,17). The highest BCUT2D eigenvalue weighted by atomic mass is 35.5. The van der Waals surface area contributed by atoms with Crippen molar-refractivity contribution in [2.24, 2.45) is 0 Å². The number of carbonyl (C=O) groups is 1. The molecule has 0 heterocycles. The summed E-state index contributed by atoms with van der Waals surface area (Å²) in [7, 11) is 1.56. The molecule has 0 fully saturated rings. The molecule has 4 nitrogen and oxygen atoms in total. The number of methoxy groups -OCH3 is 1. The molecule has 0 saturated heterocycles. The van der Waals surface area contributed by atoms with E-state index in [1.54, 1.807) is 19.2 Å². The van der Waals surface area contributed by atoms with Crippen LogP contribution in [0.2, 0.25) is 5.02 Å². The van der Waals surface area contributed by atoms with Gasteiger partial charge < -0.3 is 15.8 Å². The fourth-order valence-electron chi connectivity index (χ4n) is 1.43. The van der Waals surface area contributed by atoms with Gasteiger partial charge in [0.2, 0.25) is 5.91 Å². The van der Waals surface area contributed by atoms with Gasteiger partial charge in [0.05, 0.1) is 17.8 Å². The van der Waals surface area contributed by atoms with Gasteiger partial charge in [-0.05, 0) is 24.1 Å². The van der Waals surface area contributed by atoms with Crippen molar-refractivity contribution in [2.75, 3.05) is 19.4 Å². The largest absolute Gasteiger partial charge is 0.495 e. The predicted octanol–water partition coefficient (Wildman–Crippen LogP) is 2.47. The molecular weight excluding hydrogens is 252 g/mol. The van der Waals surface area contributed by atoms with Crippen molar-refractivity contribution in [1.29, 1.82) is 0 Å². The molecule has 3 N–H and O–H groups in total. The second-order valence-corrected chi connectivity index (χ2v) is 4.20. The molecule has 0 unspecified atom stereocenters. The molecule has 5 heteroatoms. The van der Waals surface area contributed by atoms with Gasteiger partial charge in [0.1, 0.15) is 5.75 Å². The third kappa shape index (κ3) is 4.30. The third-order valence-corrected chi connectivity index (χ3v) is 2.66. The number of nitrogens with two attached hydrogens (primary N) is 1. The summed E-state index contributed by atoms with van der Waals surface area (Å²) in [6.45, 7) is 2.10. The molecule has 1 aromatic carbocycles. The van der Waals surface area contributed by atoms with E-state index in [1.165, 1.54) is 6.92 Å². The molecule has 0 saturated carbocycles. The van der Waals surface area contributed by atoms with Crippen LogP contribution in [0.25, 0.3) is 6.08 Å². The number of rotatable bonds is 5. The quantitative estimate of drug-likeness (QED) is 0.637. The molecule has 0 atom stereocenters. The van der Waals surface area contributed by atoms with Crippen molar-refractivity contribution in [3.05, 3.63) is 28.8 Å². The maximum atomic E-state index is 10.7. The summed E-state index contributed by atoms with van der Waals surface area (Å²) >= 11 is 6.07. The van der Waals surface area contributed by atoms with Gasteiger partial charge in [0.15, 0.2) is 0 Å². The van der Waals surface area contributed by atoms with Crippen molar-refractivity contribution >= 4 is 29.3 Å². The van der Waals surface area contributed by atoms with Crippen LogP contribution in [0.4, 0.5) is 5.69 Å². The normalized spacial score (nSPS) is 10.6. The van der Waals surface area contributed by atoms with Crippen LogP contribution in [0.3, 0.4) is 0 Å². The first-order chi connectivity index (χ1) is 8.54. The Morgan fingerprint density at radius 1 is 1.56 bits per heavy atom. The zero-order valence-electron chi connectivity index (χ0n) is 10.5. The van der Waals surface area contributed by atoms with Crippen molar-refractivity contribution < 1.29 is 9.53 Å². The molecular formula is C13H17ClN2O2. The van der Waals surface area contributed by atoms with Gasteiger partial charge in [0, 0.05) is 13.5 Å². The van der Waals surface area contributed by atoms with Crippen LogP contribution in [0.5, 0.6) is 5.75 Å².